The molecule has 6 heteroatoms. The Morgan fingerprint density at radius 1 is 1.12 bits per heavy atom. The van der Waals surface area contributed by atoms with Crippen molar-refractivity contribution in [2.75, 3.05) is 13.7 Å². The Bertz CT molecular complexity index is 1180. The molecule has 1 amide bonds. The van der Waals surface area contributed by atoms with Gasteiger partial charge in [0.25, 0.3) is 5.91 Å². The summed E-state index contributed by atoms with van der Waals surface area (Å²) in [6.07, 6.45) is 3.30. The molecule has 2 heterocycles. The number of carbonyl (C=O) groups excluding carboxylic acids is 2. The molecule has 1 aliphatic rings. The van der Waals surface area contributed by atoms with Crippen molar-refractivity contribution < 1.29 is 14.3 Å². The molecule has 2 aromatic carbocycles. The lowest BCUT2D eigenvalue weighted by Gasteiger charge is -2.35. The number of fused-ring (bicyclic) bond motifs is 1. The van der Waals surface area contributed by atoms with Crippen LogP contribution in [0.15, 0.2) is 66.1 Å². The molecule has 0 radical (unpaired) electrons. The van der Waals surface area contributed by atoms with Crippen LogP contribution in [0.2, 0.25) is 0 Å². The lowest BCUT2D eigenvalue weighted by atomic mass is 9.85. The molecule has 170 valence electrons. The number of carbonyl (C=O) groups is 2. The van der Waals surface area contributed by atoms with Crippen LogP contribution in [0.4, 0.5) is 0 Å². The van der Waals surface area contributed by atoms with E-state index in [0.717, 1.165) is 29.9 Å². The second-order valence-electron chi connectivity index (χ2n) is 8.79. The molecule has 2 N–H and O–H groups in total. The molecule has 0 atom stereocenters. The Hall–Kier alpha value is -3.38. The maximum atomic E-state index is 13.0. The number of allylic oxidation sites excluding steroid dienone is 1. The van der Waals surface area contributed by atoms with Crippen molar-refractivity contribution in [1.29, 1.82) is 0 Å². The molecule has 4 rings (SSSR count). The van der Waals surface area contributed by atoms with Gasteiger partial charge >= 0.3 is 0 Å². The molecule has 0 saturated carbocycles. The summed E-state index contributed by atoms with van der Waals surface area (Å²) in [5.74, 6) is 0.498. The third kappa shape index (κ3) is 5.52. The number of benzene rings is 2. The Morgan fingerprint density at radius 3 is 2.58 bits per heavy atom. The van der Waals surface area contributed by atoms with Crippen molar-refractivity contribution in [3.8, 4) is 5.75 Å². The van der Waals surface area contributed by atoms with Crippen molar-refractivity contribution in [2.45, 2.75) is 32.2 Å². The van der Waals surface area contributed by atoms with Gasteiger partial charge in [0.2, 0.25) is 0 Å². The summed E-state index contributed by atoms with van der Waals surface area (Å²) in [4.78, 5) is 26.7. The number of ether oxygens (including phenoxy) is 1. The molecule has 33 heavy (non-hydrogen) atoms. The zero-order valence-electron chi connectivity index (χ0n) is 19.1. The van der Waals surface area contributed by atoms with Gasteiger partial charge in [0.15, 0.2) is 5.78 Å². The number of hydrogen-bond donors (Lipinski definition) is 2. The number of hydrogen-bond acceptors (Lipinski definition) is 5. The van der Waals surface area contributed by atoms with Crippen LogP contribution in [-0.2, 0) is 12.8 Å². The van der Waals surface area contributed by atoms with Gasteiger partial charge in [-0.3, -0.25) is 9.59 Å². The molecular formula is C27H28N2O3S. The quantitative estimate of drug-likeness (QED) is 0.390. The largest absolute Gasteiger partial charge is 0.497 e. The monoisotopic (exact) mass is 460 g/mol. The summed E-state index contributed by atoms with van der Waals surface area (Å²) in [6.45, 7) is 4.81. The van der Waals surface area contributed by atoms with Gasteiger partial charge in [0.1, 0.15) is 5.75 Å². The van der Waals surface area contributed by atoms with E-state index in [9.17, 15) is 9.59 Å². The Balaban J connectivity index is 1.47. The van der Waals surface area contributed by atoms with Gasteiger partial charge in [-0.2, -0.15) is 0 Å². The fourth-order valence-corrected chi connectivity index (χ4v) is 4.72. The molecule has 1 aromatic heterocycles. The molecule has 0 spiro atoms. The molecule has 0 saturated heterocycles. The highest BCUT2D eigenvalue weighted by atomic mass is 32.1. The zero-order valence-corrected chi connectivity index (χ0v) is 19.9. The summed E-state index contributed by atoms with van der Waals surface area (Å²) < 4.78 is 5.38. The molecule has 5 nitrogen and oxygen atoms in total. The van der Waals surface area contributed by atoms with Crippen molar-refractivity contribution in [3.05, 3.63) is 93.2 Å². The highest BCUT2D eigenvalue weighted by molar-refractivity contribution is 7.09. The van der Waals surface area contributed by atoms with Crippen LogP contribution in [0.1, 0.15) is 50.6 Å². The van der Waals surface area contributed by atoms with Crippen LogP contribution < -0.4 is 15.4 Å². The topological polar surface area (TPSA) is 67.4 Å². The van der Waals surface area contributed by atoms with E-state index in [4.69, 9.17) is 4.74 Å². The normalized spacial score (nSPS) is 15.4. The van der Waals surface area contributed by atoms with E-state index in [0.29, 0.717) is 17.7 Å². The van der Waals surface area contributed by atoms with Crippen molar-refractivity contribution >= 4 is 28.7 Å². The van der Waals surface area contributed by atoms with Gasteiger partial charge in [0.05, 0.1) is 7.11 Å². The molecule has 1 aliphatic heterocycles. The molecule has 0 fully saturated rings. The van der Waals surface area contributed by atoms with Crippen molar-refractivity contribution in [2.24, 2.45) is 0 Å². The van der Waals surface area contributed by atoms with Crippen LogP contribution in [0.25, 0.3) is 5.70 Å². The second-order valence-corrected chi connectivity index (χ2v) is 9.83. The number of ketones is 1. The number of rotatable bonds is 7. The summed E-state index contributed by atoms with van der Waals surface area (Å²) in [7, 11) is 1.64. The molecular weight excluding hydrogens is 432 g/mol. The average molecular weight is 461 g/mol. The third-order valence-corrected chi connectivity index (χ3v) is 6.59. The van der Waals surface area contributed by atoms with E-state index in [1.54, 1.807) is 48.8 Å². The van der Waals surface area contributed by atoms with E-state index in [-0.39, 0.29) is 17.2 Å². The summed E-state index contributed by atoms with van der Waals surface area (Å²) in [5.41, 5.74) is 3.83. The summed E-state index contributed by atoms with van der Waals surface area (Å²) >= 11 is 1.68. The first-order valence-corrected chi connectivity index (χ1v) is 11.8. The maximum Gasteiger partial charge on any atom is 0.251 e. The predicted molar refractivity (Wildman–Crippen MR) is 133 cm³/mol. The molecule has 0 aliphatic carbocycles. The Morgan fingerprint density at radius 2 is 1.88 bits per heavy atom. The first-order chi connectivity index (χ1) is 15.8. The smallest absolute Gasteiger partial charge is 0.251 e. The van der Waals surface area contributed by atoms with Crippen LogP contribution in [0.5, 0.6) is 5.75 Å². The number of methoxy groups -OCH3 is 1. The first-order valence-electron chi connectivity index (χ1n) is 11.0. The van der Waals surface area contributed by atoms with E-state index in [1.165, 1.54) is 10.4 Å². The van der Waals surface area contributed by atoms with E-state index >= 15 is 0 Å². The van der Waals surface area contributed by atoms with Crippen LogP contribution >= 0.6 is 11.3 Å². The number of amides is 1. The summed E-state index contributed by atoms with van der Waals surface area (Å²) in [5, 5.41) is 8.45. The average Bonchev–Trinajstić information content (AvgIpc) is 3.31. The number of nitrogens with one attached hydrogen (secondary N) is 2. The fourth-order valence-electron chi connectivity index (χ4n) is 4.01. The lowest BCUT2D eigenvalue weighted by molar-refractivity contribution is 0.0952. The van der Waals surface area contributed by atoms with Gasteiger partial charge in [0, 0.05) is 45.4 Å². The molecule has 3 aromatic rings. The second kappa shape index (κ2) is 9.63. The SMILES string of the molecule is COc1ccc2c(c1)/C(=C/C(=O)c1ccc(C(=O)NCCc3cccs3)cc1)NC(C)(C)C2. The fraction of sp³-hybridized carbons (Fsp3) is 0.259. The van der Waals surface area contributed by atoms with Gasteiger partial charge < -0.3 is 15.4 Å². The van der Waals surface area contributed by atoms with Crippen molar-refractivity contribution in [1.82, 2.24) is 10.6 Å². The Kier molecular flexibility index (Phi) is 6.65. The minimum absolute atomic E-state index is 0.117. The molecule has 0 unspecified atom stereocenters. The lowest BCUT2D eigenvalue weighted by Crippen LogP contribution is -2.43. The first kappa shape index (κ1) is 22.8. The van der Waals surface area contributed by atoms with Gasteiger partial charge in [-0.05, 0) is 68.0 Å². The van der Waals surface area contributed by atoms with Crippen molar-refractivity contribution in [3.63, 3.8) is 0 Å². The van der Waals surface area contributed by atoms with E-state index < -0.39 is 0 Å². The molecule has 0 bridgehead atoms. The predicted octanol–water partition coefficient (Wildman–Crippen LogP) is 4.88. The number of thiophene rings is 1. The van der Waals surface area contributed by atoms with Crippen LogP contribution in [0.3, 0.4) is 0 Å². The van der Waals surface area contributed by atoms with E-state index in [2.05, 4.69) is 36.6 Å². The van der Waals surface area contributed by atoms with Gasteiger partial charge in [-0.25, -0.2) is 0 Å². The highest BCUT2D eigenvalue weighted by Crippen LogP contribution is 2.32. The minimum atomic E-state index is -0.168. The zero-order chi connectivity index (χ0) is 23.4. The van der Waals surface area contributed by atoms with Crippen LogP contribution in [0, 0.1) is 0 Å². The standard InChI is InChI=1S/C27H28N2O3S/c1-27(2)17-20-10-11-21(32-3)15-23(20)24(29-27)16-25(30)18-6-8-19(9-7-18)26(31)28-13-12-22-5-4-14-33-22/h4-11,14-16,29H,12-13,17H2,1-3H3,(H,28,31)/b24-16-. The van der Waals surface area contributed by atoms with Crippen LogP contribution in [-0.4, -0.2) is 30.9 Å². The van der Waals surface area contributed by atoms with Gasteiger partial charge in [-0.15, -0.1) is 11.3 Å². The van der Waals surface area contributed by atoms with E-state index in [1.807, 2.05) is 23.6 Å². The van der Waals surface area contributed by atoms with Gasteiger partial charge in [-0.1, -0.05) is 24.3 Å². The third-order valence-electron chi connectivity index (χ3n) is 5.66. The highest BCUT2D eigenvalue weighted by Gasteiger charge is 2.28. The Labute approximate surface area is 198 Å². The minimum Gasteiger partial charge on any atom is -0.497 e. The maximum absolute atomic E-state index is 13.0. The summed E-state index contributed by atoms with van der Waals surface area (Å²) in [6, 6.07) is 16.8.